The Morgan fingerprint density at radius 1 is 1.23 bits per heavy atom. The number of allylic oxidation sites excluding steroid dienone is 2. The first-order chi connectivity index (χ1) is 12.7. The number of aryl methyl sites for hydroxylation is 1. The minimum absolute atomic E-state index is 0.138. The second-order valence-electron chi connectivity index (χ2n) is 6.60. The molecule has 26 heavy (non-hydrogen) atoms. The molecule has 1 aromatic heterocycles. The number of esters is 1. The van der Waals surface area contributed by atoms with Gasteiger partial charge in [0.05, 0.1) is 0 Å². The van der Waals surface area contributed by atoms with Gasteiger partial charge in [-0.1, -0.05) is 24.3 Å². The average Bonchev–Trinajstić information content (AvgIpc) is 3.09. The molecule has 3 rings (SSSR count). The van der Waals surface area contributed by atoms with Crippen LogP contribution in [0.4, 0.5) is 0 Å². The molecular formula is C21H26N2O3. The summed E-state index contributed by atoms with van der Waals surface area (Å²) in [6, 6.07) is 8.00. The number of carbonyl (C=O) groups excluding carboxylic acids is 2. The number of hydrogen-bond acceptors (Lipinski definition) is 3. The standard InChI is InChI=1S/C21H26N2O3/c1-2-23(17-8-4-3-5-9-17)20(24)15-26-21(25)13-12-16-14-22-19-11-7-6-10-18(16)19/h6-8,10-11,14,22H,2-5,9,12-13,15H2,1H3. The van der Waals surface area contributed by atoms with Crippen molar-refractivity contribution >= 4 is 22.8 Å². The maximum absolute atomic E-state index is 12.4. The number of aromatic amines is 1. The summed E-state index contributed by atoms with van der Waals surface area (Å²) in [5.74, 6) is -0.474. The van der Waals surface area contributed by atoms with Gasteiger partial charge in [0.25, 0.3) is 5.91 Å². The van der Waals surface area contributed by atoms with E-state index in [1.54, 1.807) is 4.90 Å². The molecule has 0 aliphatic heterocycles. The van der Waals surface area contributed by atoms with Gasteiger partial charge in [0.2, 0.25) is 0 Å². The number of ether oxygens (including phenoxy) is 1. The van der Waals surface area contributed by atoms with Crippen molar-refractivity contribution in [2.75, 3.05) is 13.2 Å². The number of amides is 1. The van der Waals surface area contributed by atoms with Gasteiger partial charge in [-0.3, -0.25) is 9.59 Å². The third-order valence-corrected chi connectivity index (χ3v) is 4.86. The van der Waals surface area contributed by atoms with Gasteiger partial charge >= 0.3 is 5.97 Å². The van der Waals surface area contributed by atoms with E-state index in [4.69, 9.17) is 4.74 Å². The minimum Gasteiger partial charge on any atom is -0.456 e. The highest BCUT2D eigenvalue weighted by Gasteiger charge is 2.19. The average molecular weight is 354 g/mol. The lowest BCUT2D eigenvalue weighted by Gasteiger charge is -2.26. The maximum atomic E-state index is 12.4. The van der Waals surface area contributed by atoms with Crippen LogP contribution >= 0.6 is 0 Å². The number of likely N-dealkylation sites (N-methyl/N-ethyl adjacent to an activating group) is 1. The molecule has 5 heteroatoms. The fourth-order valence-electron chi connectivity index (χ4n) is 3.47. The van der Waals surface area contributed by atoms with Gasteiger partial charge < -0.3 is 14.6 Å². The van der Waals surface area contributed by atoms with E-state index in [9.17, 15) is 9.59 Å². The zero-order valence-electron chi connectivity index (χ0n) is 15.3. The molecule has 0 radical (unpaired) electrons. The quantitative estimate of drug-likeness (QED) is 0.766. The number of carbonyl (C=O) groups is 2. The van der Waals surface area contributed by atoms with Crippen molar-refractivity contribution in [3.05, 3.63) is 47.8 Å². The Balaban J connectivity index is 1.48. The van der Waals surface area contributed by atoms with Gasteiger partial charge in [-0.2, -0.15) is 0 Å². The maximum Gasteiger partial charge on any atom is 0.306 e. The minimum atomic E-state index is -0.336. The Bertz CT molecular complexity index is 806. The summed E-state index contributed by atoms with van der Waals surface area (Å²) in [4.78, 5) is 29.4. The molecule has 0 atom stereocenters. The smallest absolute Gasteiger partial charge is 0.306 e. The van der Waals surface area contributed by atoms with E-state index in [1.807, 2.05) is 37.4 Å². The molecule has 0 saturated carbocycles. The monoisotopic (exact) mass is 354 g/mol. The largest absolute Gasteiger partial charge is 0.456 e. The van der Waals surface area contributed by atoms with Gasteiger partial charge in [-0.15, -0.1) is 0 Å². The molecule has 1 aliphatic rings. The van der Waals surface area contributed by atoms with Crippen molar-refractivity contribution < 1.29 is 14.3 Å². The van der Waals surface area contributed by atoms with E-state index < -0.39 is 0 Å². The van der Waals surface area contributed by atoms with Crippen LogP contribution < -0.4 is 0 Å². The Labute approximate surface area is 154 Å². The van der Waals surface area contributed by atoms with E-state index in [-0.39, 0.29) is 24.9 Å². The second kappa shape index (κ2) is 8.70. The zero-order chi connectivity index (χ0) is 18.4. The van der Waals surface area contributed by atoms with E-state index in [0.29, 0.717) is 13.0 Å². The fraction of sp³-hybridized carbons (Fsp3) is 0.429. The summed E-state index contributed by atoms with van der Waals surface area (Å²) >= 11 is 0. The summed E-state index contributed by atoms with van der Waals surface area (Å²) < 4.78 is 5.22. The number of benzene rings is 1. The molecule has 1 aromatic carbocycles. The van der Waals surface area contributed by atoms with Gasteiger partial charge in [0.1, 0.15) is 0 Å². The highest BCUT2D eigenvalue weighted by molar-refractivity contribution is 5.84. The highest BCUT2D eigenvalue weighted by atomic mass is 16.5. The third kappa shape index (κ3) is 4.34. The van der Waals surface area contributed by atoms with Crippen molar-refractivity contribution in [3.63, 3.8) is 0 Å². The van der Waals surface area contributed by atoms with Crippen LogP contribution in [0.5, 0.6) is 0 Å². The number of aromatic nitrogens is 1. The van der Waals surface area contributed by atoms with Crippen LogP contribution in [0.2, 0.25) is 0 Å². The van der Waals surface area contributed by atoms with Crippen LogP contribution in [0.15, 0.2) is 42.2 Å². The van der Waals surface area contributed by atoms with Crippen molar-refractivity contribution in [3.8, 4) is 0 Å². The lowest BCUT2D eigenvalue weighted by Crippen LogP contribution is -2.34. The van der Waals surface area contributed by atoms with Gasteiger partial charge in [-0.25, -0.2) is 0 Å². The number of nitrogens with zero attached hydrogens (tertiary/aromatic N) is 1. The number of rotatable bonds is 7. The molecule has 138 valence electrons. The summed E-state index contributed by atoms with van der Waals surface area (Å²) in [7, 11) is 0. The van der Waals surface area contributed by atoms with Crippen LogP contribution in [0.25, 0.3) is 10.9 Å². The van der Waals surface area contributed by atoms with Crippen molar-refractivity contribution in [1.82, 2.24) is 9.88 Å². The topological polar surface area (TPSA) is 62.4 Å². The van der Waals surface area contributed by atoms with Crippen LogP contribution in [-0.4, -0.2) is 34.9 Å². The highest BCUT2D eigenvalue weighted by Crippen LogP contribution is 2.21. The molecule has 1 amide bonds. The molecule has 1 N–H and O–H groups in total. The van der Waals surface area contributed by atoms with Crippen molar-refractivity contribution in [1.29, 1.82) is 0 Å². The molecule has 0 bridgehead atoms. The van der Waals surface area contributed by atoms with E-state index in [0.717, 1.165) is 41.4 Å². The predicted molar refractivity (Wildman–Crippen MR) is 102 cm³/mol. The molecule has 0 unspecified atom stereocenters. The molecule has 1 heterocycles. The summed E-state index contributed by atoms with van der Waals surface area (Å²) in [6.45, 7) is 2.38. The molecule has 2 aromatic rings. The predicted octanol–water partition coefficient (Wildman–Crippen LogP) is 3.95. The Kier molecular flexibility index (Phi) is 6.10. The molecule has 0 saturated heterocycles. The number of para-hydroxylation sites is 1. The second-order valence-corrected chi connectivity index (χ2v) is 6.60. The third-order valence-electron chi connectivity index (χ3n) is 4.86. The summed E-state index contributed by atoms with van der Waals surface area (Å²) in [6.07, 6.45) is 9.15. The molecule has 0 fully saturated rings. The lowest BCUT2D eigenvalue weighted by atomic mass is 10.0. The normalized spacial score (nSPS) is 14.1. The summed E-state index contributed by atoms with van der Waals surface area (Å²) in [5, 5.41) is 1.12. The van der Waals surface area contributed by atoms with Gasteiger partial charge in [0.15, 0.2) is 6.61 Å². The molecular weight excluding hydrogens is 328 g/mol. The molecule has 0 spiro atoms. The van der Waals surface area contributed by atoms with Gasteiger partial charge in [-0.05, 0) is 50.7 Å². The van der Waals surface area contributed by atoms with E-state index in [2.05, 4.69) is 11.1 Å². The fourth-order valence-corrected chi connectivity index (χ4v) is 3.47. The van der Waals surface area contributed by atoms with Crippen molar-refractivity contribution in [2.45, 2.75) is 45.4 Å². The van der Waals surface area contributed by atoms with E-state index >= 15 is 0 Å². The first-order valence-corrected chi connectivity index (χ1v) is 9.39. The van der Waals surface area contributed by atoms with Crippen LogP contribution in [-0.2, 0) is 20.7 Å². The SMILES string of the molecule is CCN(C(=O)COC(=O)CCc1c[nH]c2ccccc12)C1=CCCCC1. The Morgan fingerprint density at radius 3 is 2.85 bits per heavy atom. The zero-order valence-corrected chi connectivity index (χ0v) is 15.3. The van der Waals surface area contributed by atoms with E-state index in [1.165, 1.54) is 6.42 Å². The number of H-pyrrole nitrogens is 1. The first kappa shape index (κ1) is 18.2. The molecule has 1 aliphatic carbocycles. The van der Waals surface area contributed by atoms with Crippen molar-refractivity contribution in [2.24, 2.45) is 0 Å². The number of nitrogens with one attached hydrogen (secondary N) is 1. The number of fused-ring (bicyclic) bond motifs is 1. The number of hydrogen-bond donors (Lipinski definition) is 1. The Hall–Kier alpha value is -2.56. The van der Waals surface area contributed by atoms with Crippen LogP contribution in [0.1, 0.15) is 44.6 Å². The molecule has 5 nitrogen and oxygen atoms in total. The first-order valence-electron chi connectivity index (χ1n) is 9.39. The lowest BCUT2D eigenvalue weighted by molar-refractivity contribution is -0.151. The van der Waals surface area contributed by atoms with Gasteiger partial charge in [0, 0.05) is 35.8 Å². The van der Waals surface area contributed by atoms with Crippen LogP contribution in [0.3, 0.4) is 0 Å². The Morgan fingerprint density at radius 2 is 2.08 bits per heavy atom. The van der Waals surface area contributed by atoms with Crippen LogP contribution in [0, 0.1) is 0 Å². The summed E-state index contributed by atoms with van der Waals surface area (Å²) in [5.41, 5.74) is 3.22.